The molecule has 0 spiro atoms. The average Bonchev–Trinajstić information content (AvgIpc) is 2.60. The first-order valence-electron chi connectivity index (χ1n) is 8.72. The zero-order valence-corrected chi connectivity index (χ0v) is 14.1. The van der Waals surface area contributed by atoms with Gasteiger partial charge in [-0.05, 0) is 37.3 Å². The first-order chi connectivity index (χ1) is 11.1. The van der Waals surface area contributed by atoms with Crippen molar-refractivity contribution < 1.29 is 9.59 Å². The summed E-state index contributed by atoms with van der Waals surface area (Å²) in [6, 6.07) is 9.84. The van der Waals surface area contributed by atoms with Gasteiger partial charge in [-0.1, -0.05) is 32.0 Å². The van der Waals surface area contributed by atoms with E-state index in [2.05, 4.69) is 4.90 Å². The van der Waals surface area contributed by atoms with Crippen LogP contribution < -0.4 is 0 Å². The Balaban J connectivity index is 1.72. The summed E-state index contributed by atoms with van der Waals surface area (Å²) in [4.78, 5) is 29.1. The van der Waals surface area contributed by atoms with Crippen molar-refractivity contribution in [2.45, 2.75) is 39.2 Å². The van der Waals surface area contributed by atoms with Crippen LogP contribution in [0.3, 0.4) is 0 Å². The van der Waals surface area contributed by atoms with E-state index in [0.717, 1.165) is 44.5 Å². The van der Waals surface area contributed by atoms with Crippen molar-refractivity contribution in [3.8, 4) is 0 Å². The first-order valence-corrected chi connectivity index (χ1v) is 8.72. The smallest absolute Gasteiger partial charge is 0.254 e. The molecule has 0 saturated carbocycles. The molecule has 2 saturated heterocycles. The molecule has 4 heteroatoms. The summed E-state index contributed by atoms with van der Waals surface area (Å²) in [5, 5.41) is 0. The molecule has 2 amide bonds. The number of benzene rings is 1. The Hall–Kier alpha value is -1.84. The van der Waals surface area contributed by atoms with Gasteiger partial charge in [-0.2, -0.15) is 0 Å². The Morgan fingerprint density at radius 1 is 1.09 bits per heavy atom. The van der Waals surface area contributed by atoms with Gasteiger partial charge in [-0.25, -0.2) is 0 Å². The van der Waals surface area contributed by atoms with Crippen molar-refractivity contribution in [1.82, 2.24) is 9.80 Å². The number of amides is 2. The van der Waals surface area contributed by atoms with Crippen LogP contribution in [0.1, 0.15) is 43.5 Å². The van der Waals surface area contributed by atoms with Gasteiger partial charge in [0.1, 0.15) is 0 Å². The molecule has 124 valence electrons. The zero-order chi connectivity index (χ0) is 16.4. The molecule has 2 atom stereocenters. The van der Waals surface area contributed by atoms with E-state index in [4.69, 9.17) is 0 Å². The van der Waals surface area contributed by atoms with E-state index >= 15 is 0 Å². The third-order valence-electron chi connectivity index (χ3n) is 5.16. The van der Waals surface area contributed by atoms with Crippen LogP contribution >= 0.6 is 0 Å². The van der Waals surface area contributed by atoms with E-state index in [1.807, 2.05) is 49.1 Å². The molecule has 0 radical (unpaired) electrons. The fourth-order valence-corrected chi connectivity index (χ4v) is 3.97. The molecule has 0 aromatic heterocycles. The predicted molar refractivity (Wildman–Crippen MR) is 90.0 cm³/mol. The topological polar surface area (TPSA) is 40.6 Å². The number of hydrogen-bond acceptors (Lipinski definition) is 2. The molecule has 1 aromatic rings. The van der Waals surface area contributed by atoms with Gasteiger partial charge in [0.15, 0.2) is 0 Å². The number of likely N-dealkylation sites (tertiary alicyclic amines) is 2. The van der Waals surface area contributed by atoms with Gasteiger partial charge in [-0.15, -0.1) is 0 Å². The van der Waals surface area contributed by atoms with Crippen molar-refractivity contribution in [1.29, 1.82) is 0 Å². The van der Waals surface area contributed by atoms with Gasteiger partial charge in [-0.3, -0.25) is 9.59 Å². The van der Waals surface area contributed by atoms with E-state index in [1.54, 1.807) is 0 Å². The van der Waals surface area contributed by atoms with Gasteiger partial charge in [0.05, 0.1) is 0 Å². The standard InChI is InChI=1S/C19H26N2O2/c1-14(2)18(22)20-12-10-17-16(13-20)9-6-11-21(17)19(23)15-7-4-3-5-8-15/h3-5,7-8,14,16-17H,6,9-13H2,1-2H3/t16-,17-/m1/s1. The number of piperidine rings is 2. The minimum absolute atomic E-state index is 0.0530. The quantitative estimate of drug-likeness (QED) is 0.842. The third kappa shape index (κ3) is 3.26. The molecule has 0 unspecified atom stereocenters. The lowest BCUT2D eigenvalue weighted by molar-refractivity contribution is -0.137. The molecule has 0 bridgehead atoms. The maximum atomic E-state index is 12.8. The van der Waals surface area contributed by atoms with Crippen LogP contribution in [0.25, 0.3) is 0 Å². The highest BCUT2D eigenvalue weighted by atomic mass is 16.2. The van der Waals surface area contributed by atoms with Crippen molar-refractivity contribution in [2.75, 3.05) is 19.6 Å². The maximum Gasteiger partial charge on any atom is 0.254 e. The molecule has 3 rings (SSSR count). The van der Waals surface area contributed by atoms with Crippen molar-refractivity contribution >= 4 is 11.8 Å². The second-order valence-corrected chi connectivity index (χ2v) is 7.06. The van der Waals surface area contributed by atoms with Crippen LogP contribution in [0.4, 0.5) is 0 Å². The highest BCUT2D eigenvalue weighted by molar-refractivity contribution is 5.94. The molecule has 0 aliphatic carbocycles. The number of carbonyl (C=O) groups excluding carboxylic acids is 2. The SMILES string of the molecule is CC(C)C(=O)N1CC[C@@H]2[C@H](CCCN2C(=O)c2ccccc2)C1. The summed E-state index contributed by atoms with van der Waals surface area (Å²) < 4.78 is 0. The Morgan fingerprint density at radius 3 is 2.52 bits per heavy atom. The molecular formula is C19H26N2O2. The largest absolute Gasteiger partial charge is 0.342 e. The summed E-state index contributed by atoms with van der Waals surface area (Å²) in [6.07, 6.45) is 3.05. The van der Waals surface area contributed by atoms with E-state index in [0.29, 0.717) is 5.92 Å². The minimum atomic E-state index is 0.0530. The highest BCUT2D eigenvalue weighted by Crippen LogP contribution is 2.32. The molecule has 2 fully saturated rings. The van der Waals surface area contributed by atoms with Crippen molar-refractivity contribution in [3.63, 3.8) is 0 Å². The van der Waals surface area contributed by atoms with E-state index < -0.39 is 0 Å². The monoisotopic (exact) mass is 314 g/mol. The Morgan fingerprint density at radius 2 is 1.83 bits per heavy atom. The van der Waals surface area contributed by atoms with Crippen molar-refractivity contribution in [2.24, 2.45) is 11.8 Å². The minimum Gasteiger partial charge on any atom is -0.342 e. The zero-order valence-electron chi connectivity index (χ0n) is 14.1. The number of carbonyl (C=O) groups is 2. The molecule has 4 nitrogen and oxygen atoms in total. The molecular weight excluding hydrogens is 288 g/mol. The molecule has 2 heterocycles. The summed E-state index contributed by atoms with van der Waals surface area (Å²) in [5.74, 6) is 0.865. The van der Waals surface area contributed by atoms with Crippen LogP contribution in [-0.4, -0.2) is 47.3 Å². The number of rotatable bonds is 2. The first kappa shape index (κ1) is 16.0. The van der Waals surface area contributed by atoms with Crippen LogP contribution in [0, 0.1) is 11.8 Å². The lowest BCUT2D eigenvalue weighted by atomic mass is 9.83. The molecule has 2 aliphatic heterocycles. The number of nitrogens with zero attached hydrogens (tertiary/aromatic N) is 2. The summed E-state index contributed by atoms with van der Waals surface area (Å²) in [7, 11) is 0. The summed E-state index contributed by atoms with van der Waals surface area (Å²) >= 11 is 0. The normalized spacial score (nSPS) is 24.5. The van der Waals surface area contributed by atoms with Gasteiger partial charge in [0, 0.05) is 37.2 Å². The van der Waals surface area contributed by atoms with Gasteiger partial charge >= 0.3 is 0 Å². The predicted octanol–water partition coefficient (Wildman–Crippen LogP) is 2.80. The van der Waals surface area contributed by atoms with E-state index in [9.17, 15) is 9.59 Å². The molecule has 2 aliphatic rings. The lowest BCUT2D eigenvalue weighted by Gasteiger charge is -2.47. The van der Waals surface area contributed by atoms with Gasteiger partial charge in [0.2, 0.25) is 5.91 Å². The number of fused-ring (bicyclic) bond motifs is 1. The highest BCUT2D eigenvalue weighted by Gasteiger charge is 2.39. The third-order valence-corrected chi connectivity index (χ3v) is 5.16. The fourth-order valence-electron chi connectivity index (χ4n) is 3.97. The maximum absolute atomic E-state index is 12.8. The number of hydrogen-bond donors (Lipinski definition) is 0. The molecule has 0 N–H and O–H groups in total. The lowest BCUT2D eigenvalue weighted by Crippen LogP contribution is -2.57. The van der Waals surface area contributed by atoms with Crippen LogP contribution in [0.2, 0.25) is 0 Å². The Labute approximate surface area is 138 Å². The van der Waals surface area contributed by atoms with E-state index in [1.165, 1.54) is 0 Å². The second-order valence-electron chi connectivity index (χ2n) is 7.06. The Kier molecular flexibility index (Phi) is 4.69. The van der Waals surface area contributed by atoms with Crippen LogP contribution in [0.5, 0.6) is 0 Å². The van der Waals surface area contributed by atoms with Crippen molar-refractivity contribution in [3.05, 3.63) is 35.9 Å². The Bertz CT molecular complexity index is 570. The van der Waals surface area contributed by atoms with Crippen LogP contribution in [0.15, 0.2) is 30.3 Å². The second kappa shape index (κ2) is 6.73. The molecule has 23 heavy (non-hydrogen) atoms. The molecule has 1 aromatic carbocycles. The van der Waals surface area contributed by atoms with Gasteiger partial charge < -0.3 is 9.80 Å². The van der Waals surface area contributed by atoms with Crippen LogP contribution in [-0.2, 0) is 4.79 Å². The summed E-state index contributed by atoms with van der Waals surface area (Å²) in [5.41, 5.74) is 0.772. The fraction of sp³-hybridized carbons (Fsp3) is 0.579. The van der Waals surface area contributed by atoms with Gasteiger partial charge in [0.25, 0.3) is 5.91 Å². The average molecular weight is 314 g/mol. The summed E-state index contributed by atoms with van der Waals surface area (Å²) in [6.45, 7) is 6.34. The van der Waals surface area contributed by atoms with E-state index in [-0.39, 0.29) is 23.8 Å².